The number of thioether (sulfide) groups is 1. The SMILES string of the molecule is C=CCn1c(SCC(=O)Nc2cc(C)ccc2C)nnc1-c1csc2ccccc12. The summed E-state index contributed by atoms with van der Waals surface area (Å²) in [5, 5.41) is 15.8. The Balaban J connectivity index is 1.54. The molecule has 1 N–H and O–H groups in total. The summed E-state index contributed by atoms with van der Waals surface area (Å²) in [4.78, 5) is 12.5. The molecular formula is C23H22N4OS2. The Morgan fingerprint density at radius 2 is 2.07 bits per heavy atom. The molecule has 30 heavy (non-hydrogen) atoms. The zero-order chi connectivity index (χ0) is 21.1. The monoisotopic (exact) mass is 434 g/mol. The third-order valence-corrected chi connectivity index (χ3v) is 6.68. The Labute approximate surface area is 183 Å². The van der Waals surface area contributed by atoms with Crippen LogP contribution in [-0.4, -0.2) is 26.4 Å². The van der Waals surface area contributed by atoms with Gasteiger partial charge in [0.2, 0.25) is 5.91 Å². The number of rotatable bonds is 7. The summed E-state index contributed by atoms with van der Waals surface area (Å²) in [6, 6.07) is 14.3. The van der Waals surface area contributed by atoms with Gasteiger partial charge >= 0.3 is 0 Å². The van der Waals surface area contributed by atoms with Crippen LogP contribution in [0.4, 0.5) is 5.69 Å². The fourth-order valence-electron chi connectivity index (χ4n) is 3.23. The molecule has 1 amide bonds. The topological polar surface area (TPSA) is 59.8 Å². The zero-order valence-corrected chi connectivity index (χ0v) is 18.5. The predicted molar refractivity (Wildman–Crippen MR) is 126 cm³/mol. The van der Waals surface area contributed by atoms with E-state index in [4.69, 9.17) is 0 Å². The van der Waals surface area contributed by atoms with Crippen LogP contribution in [0.3, 0.4) is 0 Å². The minimum atomic E-state index is -0.0654. The molecule has 0 saturated carbocycles. The molecule has 0 atom stereocenters. The van der Waals surface area contributed by atoms with Gasteiger partial charge in [0, 0.05) is 33.3 Å². The van der Waals surface area contributed by atoms with Crippen molar-refractivity contribution in [1.82, 2.24) is 14.8 Å². The average molecular weight is 435 g/mol. The summed E-state index contributed by atoms with van der Waals surface area (Å²) >= 11 is 3.07. The Hall–Kier alpha value is -2.90. The number of aromatic nitrogens is 3. The molecule has 0 unspecified atom stereocenters. The standard InChI is InChI=1S/C23H22N4OS2/c1-4-11-27-22(18-13-29-20-8-6-5-7-17(18)20)25-26-23(27)30-14-21(28)24-19-12-15(2)9-10-16(19)3/h4-10,12-13H,1,11,14H2,2-3H3,(H,24,28). The smallest absolute Gasteiger partial charge is 0.234 e. The molecule has 0 aliphatic rings. The number of thiophene rings is 1. The Morgan fingerprint density at radius 3 is 2.90 bits per heavy atom. The maximum Gasteiger partial charge on any atom is 0.234 e. The van der Waals surface area contributed by atoms with Gasteiger partial charge in [0.05, 0.1) is 5.75 Å². The molecule has 2 aromatic heterocycles. The highest BCUT2D eigenvalue weighted by Crippen LogP contribution is 2.34. The van der Waals surface area contributed by atoms with E-state index in [1.54, 1.807) is 11.3 Å². The minimum Gasteiger partial charge on any atom is -0.325 e. The normalized spacial score (nSPS) is 11.0. The molecule has 0 aliphatic carbocycles. The number of nitrogens with zero attached hydrogens (tertiary/aromatic N) is 3. The van der Waals surface area contributed by atoms with E-state index in [1.165, 1.54) is 16.5 Å². The lowest BCUT2D eigenvalue weighted by Crippen LogP contribution is -2.15. The third kappa shape index (κ3) is 4.17. The molecule has 5 nitrogen and oxygen atoms in total. The van der Waals surface area contributed by atoms with Gasteiger partial charge in [-0.3, -0.25) is 9.36 Å². The first-order chi connectivity index (χ1) is 14.6. The van der Waals surface area contributed by atoms with E-state index in [2.05, 4.69) is 39.6 Å². The van der Waals surface area contributed by atoms with Gasteiger partial charge in [-0.05, 0) is 37.1 Å². The molecule has 4 rings (SSSR count). The highest BCUT2D eigenvalue weighted by molar-refractivity contribution is 7.99. The Kier molecular flexibility index (Phi) is 6.01. The first kappa shape index (κ1) is 20.4. The molecule has 0 saturated heterocycles. The van der Waals surface area contributed by atoms with Crippen LogP contribution in [0.25, 0.3) is 21.5 Å². The quantitative estimate of drug-likeness (QED) is 0.300. The second-order valence-electron chi connectivity index (χ2n) is 7.01. The van der Waals surface area contributed by atoms with E-state index in [0.29, 0.717) is 11.7 Å². The lowest BCUT2D eigenvalue weighted by Gasteiger charge is -2.10. The lowest BCUT2D eigenvalue weighted by atomic mass is 10.1. The van der Waals surface area contributed by atoms with Crippen LogP contribution in [0.2, 0.25) is 0 Å². The largest absolute Gasteiger partial charge is 0.325 e. The predicted octanol–water partition coefficient (Wildman–Crippen LogP) is 5.69. The summed E-state index contributed by atoms with van der Waals surface area (Å²) in [6.07, 6.45) is 1.82. The van der Waals surface area contributed by atoms with Crippen LogP contribution >= 0.6 is 23.1 Å². The van der Waals surface area contributed by atoms with Crippen LogP contribution in [0.15, 0.2) is 65.7 Å². The third-order valence-electron chi connectivity index (χ3n) is 4.75. The Bertz CT molecular complexity index is 1230. The maximum absolute atomic E-state index is 12.5. The fourth-order valence-corrected chi connectivity index (χ4v) is 4.91. The number of carbonyl (C=O) groups is 1. The van der Waals surface area contributed by atoms with Gasteiger partial charge in [-0.15, -0.1) is 28.1 Å². The first-order valence-electron chi connectivity index (χ1n) is 9.57. The fraction of sp³-hybridized carbons (Fsp3) is 0.174. The molecule has 0 bridgehead atoms. The van der Waals surface area contributed by atoms with Crippen molar-refractivity contribution < 1.29 is 4.79 Å². The van der Waals surface area contributed by atoms with E-state index >= 15 is 0 Å². The second kappa shape index (κ2) is 8.85. The lowest BCUT2D eigenvalue weighted by molar-refractivity contribution is -0.113. The van der Waals surface area contributed by atoms with Gasteiger partial charge in [-0.2, -0.15) is 0 Å². The highest BCUT2D eigenvalue weighted by Gasteiger charge is 2.18. The van der Waals surface area contributed by atoms with Crippen LogP contribution < -0.4 is 5.32 Å². The number of nitrogens with one attached hydrogen (secondary N) is 1. The summed E-state index contributed by atoms with van der Waals surface area (Å²) in [5.74, 6) is 0.988. The number of hydrogen-bond acceptors (Lipinski definition) is 5. The van der Waals surface area contributed by atoms with Gasteiger partial charge in [0.15, 0.2) is 11.0 Å². The molecule has 2 heterocycles. The molecule has 0 spiro atoms. The molecule has 0 radical (unpaired) electrons. The van der Waals surface area contributed by atoms with Crippen LogP contribution in [0.1, 0.15) is 11.1 Å². The van der Waals surface area contributed by atoms with Crippen LogP contribution in [0.5, 0.6) is 0 Å². The van der Waals surface area contributed by atoms with Gasteiger partial charge < -0.3 is 5.32 Å². The molecule has 7 heteroatoms. The highest BCUT2D eigenvalue weighted by atomic mass is 32.2. The van der Waals surface area contributed by atoms with E-state index in [1.807, 2.05) is 54.8 Å². The first-order valence-corrected chi connectivity index (χ1v) is 11.4. The molecule has 4 aromatic rings. The van der Waals surface area contributed by atoms with Crippen molar-refractivity contribution in [2.75, 3.05) is 11.1 Å². The number of allylic oxidation sites excluding steroid dienone is 1. The number of anilines is 1. The van der Waals surface area contributed by atoms with Crippen LogP contribution in [0, 0.1) is 13.8 Å². The second-order valence-corrected chi connectivity index (χ2v) is 8.86. The number of fused-ring (bicyclic) bond motifs is 1. The van der Waals surface area contributed by atoms with Crippen molar-refractivity contribution in [3.05, 3.63) is 71.6 Å². The molecule has 152 valence electrons. The van der Waals surface area contributed by atoms with Crippen molar-refractivity contribution in [2.45, 2.75) is 25.5 Å². The van der Waals surface area contributed by atoms with E-state index in [-0.39, 0.29) is 11.7 Å². The number of aryl methyl sites for hydroxylation is 2. The van der Waals surface area contributed by atoms with Crippen LogP contribution in [-0.2, 0) is 11.3 Å². The Morgan fingerprint density at radius 1 is 1.23 bits per heavy atom. The summed E-state index contributed by atoms with van der Waals surface area (Å²) < 4.78 is 3.22. The number of carbonyl (C=O) groups excluding carboxylic acids is 1. The average Bonchev–Trinajstić information content (AvgIpc) is 3.33. The number of benzene rings is 2. The van der Waals surface area contributed by atoms with Gasteiger partial charge in [0.1, 0.15) is 0 Å². The van der Waals surface area contributed by atoms with Crippen molar-refractivity contribution >= 4 is 44.8 Å². The van der Waals surface area contributed by atoms with Crippen molar-refractivity contribution in [2.24, 2.45) is 0 Å². The molecule has 2 aromatic carbocycles. The summed E-state index contributed by atoms with van der Waals surface area (Å²) in [6.45, 7) is 8.44. The van der Waals surface area contributed by atoms with Crippen molar-refractivity contribution in [1.29, 1.82) is 0 Å². The van der Waals surface area contributed by atoms with Gasteiger partial charge in [0.25, 0.3) is 0 Å². The van der Waals surface area contributed by atoms with Crippen molar-refractivity contribution in [3.63, 3.8) is 0 Å². The molecular weight excluding hydrogens is 412 g/mol. The van der Waals surface area contributed by atoms with Gasteiger partial charge in [-0.25, -0.2) is 0 Å². The maximum atomic E-state index is 12.5. The molecule has 0 aliphatic heterocycles. The minimum absolute atomic E-state index is 0.0654. The summed E-state index contributed by atoms with van der Waals surface area (Å²) in [5.41, 5.74) is 4.05. The summed E-state index contributed by atoms with van der Waals surface area (Å²) in [7, 11) is 0. The molecule has 0 fully saturated rings. The van der Waals surface area contributed by atoms with E-state index < -0.39 is 0 Å². The van der Waals surface area contributed by atoms with E-state index in [9.17, 15) is 4.79 Å². The number of hydrogen-bond donors (Lipinski definition) is 1. The zero-order valence-electron chi connectivity index (χ0n) is 16.9. The van der Waals surface area contributed by atoms with E-state index in [0.717, 1.165) is 33.6 Å². The van der Waals surface area contributed by atoms with Gasteiger partial charge in [-0.1, -0.05) is 48.2 Å². The number of amides is 1. The van der Waals surface area contributed by atoms with Crippen molar-refractivity contribution in [3.8, 4) is 11.4 Å².